The Bertz CT molecular complexity index is 951. The van der Waals surface area contributed by atoms with Crippen LogP contribution in [0.3, 0.4) is 0 Å². The molecule has 6 heteroatoms. The summed E-state index contributed by atoms with van der Waals surface area (Å²) in [5.74, 6) is 2.16. The van der Waals surface area contributed by atoms with Gasteiger partial charge in [0.15, 0.2) is 17.5 Å². The van der Waals surface area contributed by atoms with Crippen molar-refractivity contribution in [2.24, 2.45) is 4.99 Å². The van der Waals surface area contributed by atoms with Crippen molar-refractivity contribution < 1.29 is 9.47 Å². The van der Waals surface area contributed by atoms with Crippen LogP contribution < -0.4 is 20.1 Å². The van der Waals surface area contributed by atoms with Gasteiger partial charge in [0.2, 0.25) is 0 Å². The average molecular weight is 378 g/mol. The molecule has 3 rings (SSSR count). The van der Waals surface area contributed by atoms with E-state index in [-0.39, 0.29) is 0 Å². The molecule has 0 radical (unpaired) electrons. The monoisotopic (exact) mass is 378 g/mol. The maximum Gasteiger partial charge on any atom is 0.191 e. The van der Waals surface area contributed by atoms with Crippen molar-refractivity contribution >= 4 is 16.7 Å². The van der Waals surface area contributed by atoms with Crippen molar-refractivity contribution in [2.75, 3.05) is 20.8 Å². The van der Waals surface area contributed by atoms with Crippen LogP contribution in [0.1, 0.15) is 18.2 Å². The summed E-state index contributed by atoms with van der Waals surface area (Å²) >= 11 is 0. The van der Waals surface area contributed by atoms with E-state index < -0.39 is 0 Å². The molecule has 0 amide bonds. The first-order chi connectivity index (χ1) is 13.7. The van der Waals surface area contributed by atoms with Crippen LogP contribution in [0.4, 0.5) is 0 Å². The second kappa shape index (κ2) is 9.60. The number of pyridine rings is 1. The van der Waals surface area contributed by atoms with E-state index in [1.54, 1.807) is 14.2 Å². The van der Waals surface area contributed by atoms with Gasteiger partial charge in [0.25, 0.3) is 0 Å². The molecular formula is C22H26N4O2. The van der Waals surface area contributed by atoms with Gasteiger partial charge in [-0.2, -0.15) is 0 Å². The molecule has 3 aromatic rings. The van der Waals surface area contributed by atoms with E-state index in [2.05, 4.69) is 32.7 Å². The van der Waals surface area contributed by atoms with Gasteiger partial charge in [0, 0.05) is 18.1 Å². The van der Waals surface area contributed by atoms with Gasteiger partial charge in [-0.3, -0.25) is 4.98 Å². The number of nitrogens with zero attached hydrogens (tertiary/aromatic N) is 2. The van der Waals surface area contributed by atoms with Crippen LogP contribution >= 0.6 is 0 Å². The van der Waals surface area contributed by atoms with Gasteiger partial charge in [-0.15, -0.1) is 0 Å². The zero-order valence-corrected chi connectivity index (χ0v) is 16.5. The SMILES string of the molecule is CCNC(=NCc1ccc(OC)c(OC)c1)NCc1nccc2ccccc12. The summed E-state index contributed by atoms with van der Waals surface area (Å²) in [7, 11) is 3.26. The maximum absolute atomic E-state index is 5.36. The number of fused-ring (bicyclic) bond motifs is 1. The molecule has 6 nitrogen and oxygen atoms in total. The minimum atomic E-state index is 0.526. The van der Waals surface area contributed by atoms with Gasteiger partial charge < -0.3 is 20.1 Å². The normalized spacial score (nSPS) is 11.3. The van der Waals surface area contributed by atoms with Crippen LogP contribution in [-0.2, 0) is 13.1 Å². The van der Waals surface area contributed by atoms with Gasteiger partial charge in [-0.1, -0.05) is 30.3 Å². The summed E-state index contributed by atoms with van der Waals surface area (Å²) in [6, 6.07) is 16.1. The molecule has 0 saturated carbocycles. The molecule has 0 atom stereocenters. The Morgan fingerprint density at radius 1 is 1.00 bits per heavy atom. The highest BCUT2D eigenvalue weighted by Crippen LogP contribution is 2.27. The quantitative estimate of drug-likeness (QED) is 0.486. The van der Waals surface area contributed by atoms with E-state index >= 15 is 0 Å². The van der Waals surface area contributed by atoms with Crippen molar-refractivity contribution in [1.29, 1.82) is 0 Å². The fourth-order valence-corrected chi connectivity index (χ4v) is 2.98. The number of benzene rings is 2. The first-order valence-corrected chi connectivity index (χ1v) is 9.31. The summed E-state index contributed by atoms with van der Waals surface area (Å²) in [4.78, 5) is 9.20. The molecule has 0 saturated heterocycles. The number of nitrogens with one attached hydrogen (secondary N) is 2. The first kappa shape index (κ1) is 19.5. The number of methoxy groups -OCH3 is 2. The number of hydrogen-bond donors (Lipinski definition) is 2. The number of hydrogen-bond acceptors (Lipinski definition) is 4. The molecule has 0 fully saturated rings. The largest absolute Gasteiger partial charge is 0.493 e. The molecule has 2 N–H and O–H groups in total. The lowest BCUT2D eigenvalue weighted by Gasteiger charge is -2.13. The number of ether oxygens (including phenoxy) is 2. The summed E-state index contributed by atoms with van der Waals surface area (Å²) < 4.78 is 10.7. The average Bonchev–Trinajstić information content (AvgIpc) is 2.75. The van der Waals surface area contributed by atoms with Gasteiger partial charge >= 0.3 is 0 Å². The molecule has 0 unspecified atom stereocenters. The first-order valence-electron chi connectivity index (χ1n) is 9.31. The lowest BCUT2D eigenvalue weighted by atomic mass is 10.1. The van der Waals surface area contributed by atoms with Crippen LogP contribution in [0.5, 0.6) is 11.5 Å². The number of guanidine groups is 1. The van der Waals surface area contributed by atoms with E-state index in [0.717, 1.165) is 29.1 Å². The van der Waals surface area contributed by atoms with E-state index in [1.165, 1.54) is 5.39 Å². The Morgan fingerprint density at radius 3 is 2.61 bits per heavy atom. The lowest BCUT2D eigenvalue weighted by molar-refractivity contribution is 0.354. The predicted molar refractivity (Wildman–Crippen MR) is 113 cm³/mol. The summed E-state index contributed by atoms with van der Waals surface area (Å²) in [5.41, 5.74) is 2.04. The Labute approximate surface area is 165 Å². The highest BCUT2D eigenvalue weighted by Gasteiger charge is 2.06. The zero-order chi connectivity index (χ0) is 19.8. The van der Waals surface area contributed by atoms with E-state index in [9.17, 15) is 0 Å². The molecule has 2 aromatic carbocycles. The van der Waals surface area contributed by atoms with Crippen LogP contribution in [0, 0.1) is 0 Å². The predicted octanol–water partition coefficient (Wildman–Crippen LogP) is 3.51. The van der Waals surface area contributed by atoms with Crippen molar-refractivity contribution in [3.05, 3.63) is 66.0 Å². The van der Waals surface area contributed by atoms with Crippen molar-refractivity contribution in [3.63, 3.8) is 0 Å². The molecule has 0 spiro atoms. The Morgan fingerprint density at radius 2 is 1.82 bits per heavy atom. The molecule has 0 aliphatic rings. The Kier molecular flexibility index (Phi) is 6.68. The van der Waals surface area contributed by atoms with E-state index in [1.807, 2.05) is 49.5 Å². The third-order valence-electron chi connectivity index (χ3n) is 4.39. The molecule has 0 aliphatic carbocycles. The Balaban J connectivity index is 1.72. The molecule has 0 aliphatic heterocycles. The highest BCUT2D eigenvalue weighted by atomic mass is 16.5. The molecule has 1 heterocycles. The van der Waals surface area contributed by atoms with Gasteiger partial charge in [-0.05, 0) is 36.1 Å². The van der Waals surface area contributed by atoms with Gasteiger partial charge in [-0.25, -0.2) is 4.99 Å². The van der Waals surface area contributed by atoms with Crippen molar-refractivity contribution in [3.8, 4) is 11.5 Å². The van der Waals surface area contributed by atoms with Crippen LogP contribution in [0.2, 0.25) is 0 Å². The van der Waals surface area contributed by atoms with Crippen LogP contribution in [0.25, 0.3) is 10.8 Å². The minimum absolute atomic E-state index is 0.526. The molecular weight excluding hydrogens is 352 g/mol. The van der Waals surface area contributed by atoms with Crippen molar-refractivity contribution in [1.82, 2.24) is 15.6 Å². The van der Waals surface area contributed by atoms with E-state index in [0.29, 0.717) is 24.6 Å². The molecule has 0 bridgehead atoms. The minimum Gasteiger partial charge on any atom is -0.493 e. The molecule has 146 valence electrons. The smallest absolute Gasteiger partial charge is 0.191 e. The lowest BCUT2D eigenvalue weighted by Crippen LogP contribution is -2.37. The summed E-state index contributed by atoms with van der Waals surface area (Å²) in [6.07, 6.45) is 1.84. The van der Waals surface area contributed by atoms with Gasteiger partial charge in [0.05, 0.1) is 33.0 Å². The van der Waals surface area contributed by atoms with Crippen LogP contribution in [0.15, 0.2) is 59.7 Å². The number of aliphatic imine (C=N–C) groups is 1. The molecule has 1 aromatic heterocycles. The van der Waals surface area contributed by atoms with E-state index in [4.69, 9.17) is 9.47 Å². The van der Waals surface area contributed by atoms with Gasteiger partial charge in [0.1, 0.15) is 0 Å². The third-order valence-corrected chi connectivity index (χ3v) is 4.39. The molecule has 28 heavy (non-hydrogen) atoms. The third kappa shape index (κ3) is 4.71. The van der Waals surface area contributed by atoms with Crippen molar-refractivity contribution in [2.45, 2.75) is 20.0 Å². The standard InChI is InChI=1S/C22H26N4O2/c1-4-23-22(25-14-16-9-10-20(27-2)21(13-16)28-3)26-15-19-18-8-6-5-7-17(18)11-12-24-19/h5-13H,4,14-15H2,1-3H3,(H2,23,25,26). The summed E-state index contributed by atoms with van der Waals surface area (Å²) in [5, 5.41) is 8.98. The Hall–Kier alpha value is -3.28. The highest BCUT2D eigenvalue weighted by molar-refractivity contribution is 5.85. The number of rotatable bonds is 7. The second-order valence-electron chi connectivity index (χ2n) is 6.22. The fraction of sp³-hybridized carbons (Fsp3) is 0.273. The second-order valence-corrected chi connectivity index (χ2v) is 6.22. The fourth-order valence-electron chi connectivity index (χ4n) is 2.98. The number of aromatic nitrogens is 1. The maximum atomic E-state index is 5.36. The topological polar surface area (TPSA) is 67.8 Å². The summed E-state index contributed by atoms with van der Waals surface area (Å²) in [6.45, 7) is 3.95. The van der Waals surface area contributed by atoms with Crippen LogP contribution in [-0.4, -0.2) is 31.7 Å². The zero-order valence-electron chi connectivity index (χ0n) is 16.5.